The molecular weight excluding hydrogens is 346 g/mol. The summed E-state index contributed by atoms with van der Waals surface area (Å²) in [6, 6.07) is 10.0. The molecule has 0 bridgehead atoms. The number of anilines is 1. The predicted octanol–water partition coefficient (Wildman–Crippen LogP) is 2.86. The molecule has 0 aliphatic carbocycles. The van der Waals surface area contributed by atoms with Crippen molar-refractivity contribution in [2.24, 2.45) is 0 Å². The Morgan fingerprint density at radius 3 is 2.42 bits per heavy atom. The number of benzene rings is 2. The molecule has 3 aromatic rings. The van der Waals surface area contributed by atoms with Crippen LogP contribution in [0.15, 0.2) is 57.7 Å². The molecule has 0 aliphatic rings. The summed E-state index contributed by atoms with van der Waals surface area (Å²) in [4.78, 5) is 44.5. The van der Waals surface area contributed by atoms with E-state index in [1.165, 1.54) is 6.07 Å². The Balaban J connectivity index is 1.99. The minimum absolute atomic E-state index is 0.202. The Kier molecular flexibility index (Phi) is 4.15. The van der Waals surface area contributed by atoms with Crippen molar-refractivity contribution in [2.45, 2.75) is 0 Å². The summed E-state index contributed by atoms with van der Waals surface area (Å²) >= 11 is 0. The van der Waals surface area contributed by atoms with E-state index < -0.39 is 38.1 Å². The molecule has 1 N–H and O–H groups in total. The maximum Gasteiger partial charge on any atom is 0.289 e. The first-order valence-corrected chi connectivity index (χ1v) is 7.14. The smallest absolute Gasteiger partial charge is 0.289 e. The number of non-ortho nitro benzene ring substituents is 1. The van der Waals surface area contributed by atoms with Crippen LogP contribution in [-0.4, -0.2) is 15.8 Å². The first-order valence-electron chi connectivity index (χ1n) is 7.14. The van der Waals surface area contributed by atoms with Crippen LogP contribution in [0, 0.1) is 20.2 Å². The fourth-order valence-corrected chi connectivity index (χ4v) is 2.32. The number of hydrogen-bond acceptors (Lipinski definition) is 7. The molecule has 26 heavy (non-hydrogen) atoms. The van der Waals surface area contributed by atoms with Crippen LogP contribution in [0.1, 0.15) is 10.4 Å². The molecule has 0 saturated carbocycles. The fraction of sp³-hybridized carbons (Fsp3) is 0. The Morgan fingerprint density at radius 2 is 1.73 bits per heavy atom. The predicted molar refractivity (Wildman–Crippen MR) is 90.2 cm³/mol. The Bertz CT molecular complexity index is 1120. The quantitative estimate of drug-likeness (QED) is 0.559. The van der Waals surface area contributed by atoms with Crippen LogP contribution in [0.2, 0.25) is 0 Å². The topological polar surface area (TPSA) is 146 Å². The molecule has 0 fully saturated rings. The average Bonchev–Trinajstić information content (AvgIpc) is 2.61. The van der Waals surface area contributed by atoms with Crippen molar-refractivity contribution in [3.63, 3.8) is 0 Å². The minimum atomic E-state index is -0.940. The number of nitrogens with one attached hydrogen (secondary N) is 1. The monoisotopic (exact) mass is 355 g/mol. The number of amides is 1. The first-order chi connectivity index (χ1) is 12.4. The summed E-state index contributed by atoms with van der Waals surface area (Å²) < 4.78 is 5.39. The van der Waals surface area contributed by atoms with Gasteiger partial charge in [-0.1, -0.05) is 12.1 Å². The van der Waals surface area contributed by atoms with Gasteiger partial charge in [0.25, 0.3) is 17.3 Å². The number of nitrogens with zero attached hydrogens (tertiary/aromatic N) is 2. The normalized spacial score (nSPS) is 10.5. The van der Waals surface area contributed by atoms with Crippen molar-refractivity contribution in [3.05, 3.63) is 84.5 Å². The zero-order chi connectivity index (χ0) is 18.8. The van der Waals surface area contributed by atoms with Crippen LogP contribution >= 0.6 is 0 Å². The third kappa shape index (κ3) is 3.11. The summed E-state index contributed by atoms with van der Waals surface area (Å²) in [5, 5.41) is 24.4. The number of rotatable bonds is 4. The van der Waals surface area contributed by atoms with E-state index in [4.69, 9.17) is 4.42 Å². The zero-order valence-corrected chi connectivity index (χ0v) is 12.9. The molecule has 10 heteroatoms. The Morgan fingerprint density at radius 1 is 1.00 bits per heavy atom. The zero-order valence-electron chi connectivity index (χ0n) is 12.9. The summed E-state index contributed by atoms with van der Waals surface area (Å²) in [5.41, 5.74) is -1.84. The van der Waals surface area contributed by atoms with E-state index in [1.54, 1.807) is 18.2 Å². The number of carbonyl (C=O) groups excluding carboxylic acids is 1. The number of nitro groups is 2. The highest BCUT2D eigenvalue weighted by atomic mass is 16.6. The first kappa shape index (κ1) is 16.8. The van der Waals surface area contributed by atoms with Crippen molar-refractivity contribution in [1.29, 1.82) is 0 Å². The second-order valence-electron chi connectivity index (χ2n) is 5.14. The highest BCUT2D eigenvalue weighted by Crippen LogP contribution is 2.25. The van der Waals surface area contributed by atoms with E-state index in [1.807, 2.05) is 0 Å². The third-order valence-electron chi connectivity index (χ3n) is 3.50. The molecule has 0 unspecified atom stereocenters. The number of hydrogen-bond donors (Lipinski definition) is 1. The highest BCUT2D eigenvalue weighted by molar-refractivity contribution is 6.06. The van der Waals surface area contributed by atoms with Crippen molar-refractivity contribution in [1.82, 2.24) is 0 Å². The van der Waals surface area contributed by atoms with Gasteiger partial charge in [0, 0.05) is 12.1 Å². The maximum absolute atomic E-state index is 12.3. The molecule has 1 amide bonds. The number of fused-ring (bicyclic) bond motifs is 1. The van der Waals surface area contributed by atoms with Gasteiger partial charge < -0.3 is 4.42 Å². The highest BCUT2D eigenvalue weighted by Gasteiger charge is 2.24. The minimum Gasteiger partial charge on any atom is -0.440 e. The van der Waals surface area contributed by atoms with Crippen molar-refractivity contribution in [2.75, 3.05) is 5.32 Å². The second kappa shape index (κ2) is 6.43. The van der Waals surface area contributed by atoms with Gasteiger partial charge in [-0.25, -0.2) is 0 Å². The van der Waals surface area contributed by atoms with Crippen LogP contribution < -0.4 is 10.7 Å². The molecular formula is C16H9N3O7. The van der Waals surface area contributed by atoms with Gasteiger partial charge in [-0.15, -0.1) is 0 Å². The van der Waals surface area contributed by atoms with Crippen LogP contribution in [-0.2, 0) is 0 Å². The fourth-order valence-electron chi connectivity index (χ4n) is 2.32. The summed E-state index contributed by atoms with van der Waals surface area (Å²) in [5.74, 6) is -1.14. The Hall–Kier alpha value is -4.08. The molecule has 1 heterocycles. The molecule has 0 atom stereocenters. The average molecular weight is 355 g/mol. The van der Waals surface area contributed by atoms with Gasteiger partial charge >= 0.3 is 0 Å². The van der Waals surface area contributed by atoms with Crippen LogP contribution in [0.3, 0.4) is 0 Å². The molecule has 10 nitrogen and oxygen atoms in total. The van der Waals surface area contributed by atoms with E-state index in [0.717, 1.165) is 18.2 Å². The summed E-state index contributed by atoms with van der Waals surface area (Å²) in [6.45, 7) is 0. The van der Waals surface area contributed by atoms with Crippen LogP contribution in [0.4, 0.5) is 17.3 Å². The lowest BCUT2D eigenvalue weighted by Crippen LogP contribution is -2.15. The Labute approximate surface area is 144 Å². The molecule has 0 spiro atoms. The third-order valence-corrected chi connectivity index (χ3v) is 3.50. The van der Waals surface area contributed by atoms with Gasteiger partial charge in [-0.2, -0.15) is 0 Å². The molecule has 3 rings (SSSR count). The molecule has 0 saturated heterocycles. The van der Waals surface area contributed by atoms with E-state index in [-0.39, 0.29) is 11.5 Å². The van der Waals surface area contributed by atoms with Gasteiger partial charge in [0.05, 0.1) is 21.3 Å². The molecule has 130 valence electrons. The lowest BCUT2D eigenvalue weighted by atomic mass is 10.1. The lowest BCUT2D eigenvalue weighted by Gasteiger charge is -2.06. The van der Waals surface area contributed by atoms with Crippen LogP contribution in [0.25, 0.3) is 11.0 Å². The maximum atomic E-state index is 12.3. The van der Waals surface area contributed by atoms with Gasteiger partial charge in [0.15, 0.2) is 5.43 Å². The molecule has 0 aliphatic heterocycles. The number of para-hydroxylation sites is 1. The summed E-state index contributed by atoms with van der Waals surface area (Å²) in [7, 11) is 0. The van der Waals surface area contributed by atoms with Gasteiger partial charge in [-0.05, 0) is 18.2 Å². The van der Waals surface area contributed by atoms with Crippen molar-refractivity contribution < 1.29 is 19.1 Å². The van der Waals surface area contributed by atoms with Gasteiger partial charge in [-0.3, -0.25) is 35.1 Å². The largest absolute Gasteiger partial charge is 0.440 e. The van der Waals surface area contributed by atoms with Crippen molar-refractivity contribution >= 4 is 34.1 Å². The van der Waals surface area contributed by atoms with Gasteiger partial charge in [0.1, 0.15) is 11.1 Å². The molecule has 0 radical (unpaired) electrons. The van der Waals surface area contributed by atoms with E-state index in [0.29, 0.717) is 11.5 Å². The standard InChI is InChI=1S/C16H9N3O7/c20-13-8-15(26-14-4-2-1-3-11(13)14)17-16(21)10-6-5-9(18(22)23)7-12(10)19(24)25/h1-8H,(H,17,21). The van der Waals surface area contributed by atoms with Gasteiger partial charge in [0.2, 0.25) is 5.88 Å². The van der Waals surface area contributed by atoms with E-state index in [9.17, 15) is 29.8 Å². The van der Waals surface area contributed by atoms with Crippen LogP contribution in [0.5, 0.6) is 0 Å². The number of carbonyl (C=O) groups is 1. The SMILES string of the molecule is O=C(Nc1cc(=O)c2ccccc2o1)c1ccc([N+](=O)[O-])cc1[N+](=O)[O-]. The van der Waals surface area contributed by atoms with E-state index in [2.05, 4.69) is 5.32 Å². The number of nitro benzene ring substituents is 2. The van der Waals surface area contributed by atoms with Crippen molar-refractivity contribution in [3.8, 4) is 0 Å². The second-order valence-corrected chi connectivity index (χ2v) is 5.14. The summed E-state index contributed by atoms with van der Waals surface area (Å²) in [6.07, 6.45) is 0. The molecule has 2 aromatic carbocycles. The lowest BCUT2D eigenvalue weighted by molar-refractivity contribution is -0.394. The van der Waals surface area contributed by atoms with E-state index >= 15 is 0 Å². The molecule has 1 aromatic heterocycles.